The second-order valence-corrected chi connectivity index (χ2v) is 6.28. The number of rotatable bonds is 2. The van der Waals surface area contributed by atoms with Gasteiger partial charge in [0.05, 0.1) is 10.1 Å². The molecule has 1 aliphatic heterocycles. The van der Waals surface area contributed by atoms with Crippen molar-refractivity contribution in [1.29, 1.82) is 0 Å². The molecule has 2 rings (SSSR count). The van der Waals surface area contributed by atoms with Crippen LogP contribution in [0.3, 0.4) is 0 Å². The van der Waals surface area contributed by atoms with Gasteiger partial charge in [0.25, 0.3) is 0 Å². The Labute approximate surface area is 94.4 Å². The van der Waals surface area contributed by atoms with E-state index in [-0.39, 0.29) is 5.25 Å². The summed E-state index contributed by atoms with van der Waals surface area (Å²) in [6.07, 6.45) is 0.685. The first kappa shape index (κ1) is 10.9. The van der Waals surface area contributed by atoms with Crippen molar-refractivity contribution in [3.63, 3.8) is 0 Å². The van der Waals surface area contributed by atoms with Crippen LogP contribution in [0.15, 0.2) is 29.2 Å². The molecule has 0 bridgehead atoms. The van der Waals surface area contributed by atoms with Crippen molar-refractivity contribution < 1.29 is 8.42 Å². The Morgan fingerprint density at radius 3 is 2.47 bits per heavy atom. The lowest BCUT2D eigenvalue weighted by Crippen LogP contribution is -2.23. The number of benzene rings is 1. The summed E-state index contributed by atoms with van der Waals surface area (Å²) in [6, 6.07) is 6.35. The molecule has 1 heterocycles. The van der Waals surface area contributed by atoms with Gasteiger partial charge in [0, 0.05) is 11.6 Å². The molecule has 0 aliphatic carbocycles. The third kappa shape index (κ3) is 2.17. The zero-order valence-corrected chi connectivity index (χ0v) is 9.68. The first-order valence-electron chi connectivity index (χ1n) is 4.81. The van der Waals surface area contributed by atoms with E-state index in [0.717, 1.165) is 6.54 Å². The lowest BCUT2D eigenvalue weighted by Gasteiger charge is -2.10. The smallest absolute Gasteiger partial charge is 0.182 e. The maximum atomic E-state index is 12.1. The summed E-state index contributed by atoms with van der Waals surface area (Å²) in [7, 11) is -3.18. The lowest BCUT2D eigenvalue weighted by atomic mass is 10.4. The summed E-state index contributed by atoms with van der Waals surface area (Å²) < 4.78 is 24.1. The van der Waals surface area contributed by atoms with E-state index in [1.54, 1.807) is 24.3 Å². The average Bonchev–Trinajstić information content (AvgIpc) is 2.71. The molecule has 15 heavy (non-hydrogen) atoms. The van der Waals surface area contributed by atoms with Gasteiger partial charge in [0.15, 0.2) is 9.84 Å². The van der Waals surface area contributed by atoms with E-state index in [4.69, 9.17) is 11.6 Å². The summed E-state index contributed by atoms with van der Waals surface area (Å²) in [5.74, 6) is 0. The fourth-order valence-electron chi connectivity index (χ4n) is 1.71. The number of halogens is 1. The monoisotopic (exact) mass is 245 g/mol. The van der Waals surface area contributed by atoms with Gasteiger partial charge in [-0.25, -0.2) is 8.42 Å². The molecule has 0 aromatic heterocycles. The maximum absolute atomic E-state index is 12.1. The molecule has 1 N–H and O–H groups in total. The average molecular weight is 246 g/mol. The van der Waals surface area contributed by atoms with Gasteiger partial charge >= 0.3 is 0 Å². The lowest BCUT2D eigenvalue weighted by molar-refractivity contribution is 0.583. The van der Waals surface area contributed by atoms with Crippen LogP contribution in [-0.2, 0) is 9.84 Å². The first-order chi connectivity index (χ1) is 7.10. The van der Waals surface area contributed by atoms with Crippen LogP contribution in [0.1, 0.15) is 6.42 Å². The Bertz CT molecular complexity index is 435. The van der Waals surface area contributed by atoms with E-state index < -0.39 is 9.84 Å². The van der Waals surface area contributed by atoms with Gasteiger partial charge in [-0.1, -0.05) is 11.6 Å². The van der Waals surface area contributed by atoms with Crippen LogP contribution in [0.25, 0.3) is 0 Å². The fraction of sp³-hybridized carbons (Fsp3) is 0.400. The summed E-state index contributed by atoms with van der Waals surface area (Å²) in [6.45, 7) is 1.32. The maximum Gasteiger partial charge on any atom is 0.182 e. The second kappa shape index (κ2) is 4.12. The van der Waals surface area contributed by atoms with Gasteiger partial charge in [-0.15, -0.1) is 0 Å². The largest absolute Gasteiger partial charge is 0.315 e. The molecule has 1 aliphatic rings. The van der Waals surface area contributed by atoms with Gasteiger partial charge in [-0.2, -0.15) is 0 Å². The first-order valence-corrected chi connectivity index (χ1v) is 6.73. The number of sulfone groups is 1. The molecule has 3 nitrogen and oxygen atoms in total. The zero-order chi connectivity index (χ0) is 10.9. The second-order valence-electron chi connectivity index (χ2n) is 3.61. The third-order valence-electron chi connectivity index (χ3n) is 2.60. The van der Waals surface area contributed by atoms with Crippen molar-refractivity contribution in [2.45, 2.75) is 16.6 Å². The van der Waals surface area contributed by atoms with Gasteiger partial charge < -0.3 is 5.32 Å². The van der Waals surface area contributed by atoms with Crippen LogP contribution in [-0.4, -0.2) is 26.8 Å². The summed E-state index contributed by atoms with van der Waals surface area (Å²) >= 11 is 5.71. The van der Waals surface area contributed by atoms with Crippen molar-refractivity contribution in [2.75, 3.05) is 13.1 Å². The van der Waals surface area contributed by atoms with E-state index in [1.165, 1.54) is 0 Å². The number of hydrogen-bond acceptors (Lipinski definition) is 3. The Kier molecular flexibility index (Phi) is 3.00. The van der Waals surface area contributed by atoms with Crippen LogP contribution in [0.4, 0.5) is 0 Å². The van der Waals surface area contributed by atoms with Gasteiger partial charge in [-0.05, 0) is 37.2 Å². The van der Waals surface area contributed by atoms with E-state index >= 15 is 0 Å². The van der Waals surface area contributed by atoms with Crippen molar-refractivity contribution in [1.82, 2.24) is 5.32 Å². The molecule has 0 spiro atoms. The van der Waals surface area contributed by atoms with Crippen LogP contribution in [0, 0.1) is 0 Å². The summed E-state index contributed by atoms with van der Waals surface area (Å²) in [4.78, 5) is 0.362. The normalized spacial score (nSPS) is 21.8. The molecule has 1 fully saturated rings. The molecule has 1 saturated heterocycles. The predicted octanol–water partition coefficient (Wildman–Crippen LogP) is 1.48. The van der Waals surface area contributed by atoms with E-state index in [1.807, 2.05) is 0 Å². The highest BCUT2D eigenvalue weighted by Crippen LogP contribution is 2.21. The summed E-state index contributed by atoms with van der Waals surface area (Å²) in [5.41, 5.74) is 0. The highest BCUT2D eigenvalue weighted by molar-refractivity contribution is 7.92. The molecule has 1 aromatic rings. The number of nitrogens with one attached hydrogen (secondary N) is 1. The van der Waals surface area contributed by atoms with E-state index in [2.05, 4.69) is 5.32 Å². The molecule has 0 saturated carbocycles. The molecule has 82 valence electrons. The highest BCUT2D eigenvalue weighted by Gasteiger charge is 2.29. The Morgan fingerprint density at radius 1 is 1.27 bits per heavy atom. The van der Waals surface area contributed by atoms with Crippen molar-refractivity contribution in [3.8, 4) is 0 Å². The Hall–Kier alpha value is -0.580. The van der Waals surface area contributed by atoms with E-state index in [9.17, 15) is 8.42 Å². The standard InChI is InChI=1S/C10H12ClNO2S/c11-8-1-3-9(4-2-8)15(13,14)10-5-6-12-7-10/h1-4,10,12H,5-7H2/t10-/m0/s1. The zero-order valence-electron chi connectivity index (χ0n) is 8.11. The predicted molar refractivity (Wildman–Crippen MR) is 59.9 cm³/mol. The Balaban J connectivity index is 2.32. The molecular weight excluding hydrogens is 234 g/mol. The minimum atomic E-state index is -3.18. The molecule has 0 radical (unpaired) electrons. The van der Waals surface area contributed by atoms with Crippen LogP contribution in [0.5, 0.6) is 0 Å². The van der Waals surface area contributed by atoms with Crippen LogP contribution < -0.4 is 5.32 Å². The molecule has 1 atom stereocenters. The van der Waals surface area contributed by atoms with Gasteiger partial charge in [-0.3, -0.25) is 0 Å². The molecular formula is C10H12ClNO2S. The topological polar surface area (TPSA) is 46.2 Å². The Morgan fingerprint density at radius 2 is 1.93 bits per heavy atom. The van der Waals surface area contributed by atoms with E-state index in [0.29, 0.717) is 22.9 Å². The number of hydrogen-bond donors (Lipinski definition) is 1. The quantitative estimate of drug-likeness (QED) is 0.859. The highest BCUT2D eigenvalue weighted by atomic mass is 35.5. The van der Waals surface area contributed by atoms with Gasteiger partial charge in [0.2, 0.25) is 0 Å². The van der Waals surface area contributed by atoms with Gasteiger partial charge in [0.1, 0.15) is 0 Å². The third-order valence-corrected chi connectivity index (χ3v) is 5.06. The minimum Gasteiger partial charge on any atom is -0.315 e. The SMILES string of the molecule is O=S(=O)(c1ccc(Cl)cc1)[C@H]1CCNC1. The minimum absolute atomic E-state index is 0.293. The molecule has 0 unspecified atom stereocenters. The van der Waals surface area contributed by atoms with Crippen molar-refractivity contribution >= 4 is 21.4 Å². The van der Waals surface area contributed by atoms with Crippen molar-refractivity contribution in [3.05, 3.63) is 29.3 Å². The summed E-state index contributed by atoms with van der Waals surface area (Å²) in [5, 5.41) is 3.32. The molecule has 1 aromatic carbocycles. The van der Waals surface area contributed by atoms with Crippen molar-refractivity contribution in [2.24, 2.45) is 0 Å². The fourth-order valence-corrected chi connectivity index (χ4v) is 3.50. The molecule has 0 amide bonds. The van der Waals surface area contributed by atoms with Crippen LogP contribution in [0.2, 0.25) is 5.02 Å². The molecule has 5 heteroatoms. The van der Waals surface area contributed by atoms with Crippen LogP contribution >= 0.6 is 11.6 Å².